The molecule has 0 aliphatic carbocycles. The van der Waals surface area contributed by atoms with Crippen LogP contribution in [0.2, 0.25) is 0 Å². The molecule has 0 spiro atoms. The van der Waals surface area contributed by atoms with Crippen LogP contribution in [-0.4, -0.2) is 23.3 Å². The Hall–Kier alpha value is -1.88. The van der Waals surface area contributed by atoms with E-state index in [1.165, 1.54) is 0 Å². The summed E-state index contributed by atoms with van der Waals surface area (Å²) in [6, 6.07) is 7.11. The fourth-order valence-corrected chi connectivity index (χ4v) is 3.21. The van der Waals surface area contributed by atoms with Crippen LogP contribution in [0.1, 0.15) is 24.9 Å². The summed E-state index contributed by atoms with van der Waals surface area (Å²) < 4.78 is 0.920. The standard InChI is InChI=1S/C16H15BrN2O2/c1-10(20)14-13-7-2-3-8-19(13)16(21)18-15(14)11-5-4-6-12(17)9-11/h2,4-7,9,15H,3,8H2,1H3,(H,18,21). The molecule has 1 aromatic carbocycles. The number of Topliss-reactive ketones (excluding diaryl/α,β-unsaturated/α-hetero) is 1. The van der Waals surface area contributed by atoms with Gasteiger partial charge in [-0.3, -0.25) is 9.69 Å². The normalized spacial score (nSPS) is 21.1. The van der Waals surface area contributed by atoms with Gasteiger partial charge >= 0.3 is 6.03 Å². The van der Waals surface area contributed by atoms with Gasteiger partial charge < -0.3 is 5.32 Å². The molecule has 2 aliphatic rings. The second kappa shape index (κ2) is 5.48. The second-order valence-corrected chi connectivity index (χ2v) is 6.05. The van der Waals surface area contributed by atoms with Crippen LogP contribution in [-0.2, 0) is 4.79 Å². The zero-order chi connectivity index (χ0) is 15.0. The maximum absolute atomic E-state index is 12.3. The Morgan fingerprint density at radius 1 is 1.43 bits per heavy atom. The average Bonchev–Trinajstić information content (AvgIpc) is 2.46. The number of benzene rings is 1. The maximum Gasteiger partial charge on any atom is 0.322 e. The first-order valence-corrected chi connectivity index (χ1v) is 7.62. The highest BCUT2D eigenvalue weighted by atomic mass is 79.9. The van der Waals surface area contributed by atoms with Gasteiger partial charge in [-0.05, 0) is 37.1 Å². The Kier molecular flexibility index (Phi) is 3.68. The third-order valence-electron chi connectivity index (χ3n) is 3.72. The minimum atomic E-state index is -0.401. The van der Waals surface area contributed by atoms with Gasteiger partial charge in [0.25, 0.3) is 0 Å². The molecular formula is C16H15BrN2O2. The average molecular weight is 347 g/mol. The van der Waals surface area contributed by atoms with E-state index in [2.05, 4.69) is 21.2 Å². The lowest BCUT2D eigenvalue weighted by Gasteiger charge is -2.37. The van der Waals surface area contributed by atoms with E-state index < -0.39 is 6.04 Å². The van der Waals surface area contributed by atoms with E-state index in [9.17, 15) is 9.59 Å². The van der Waals surface area contributed by atoms with Crippen LogP contribution in [0.4, 0.5) is 4.79 Å². The van der Waals surface area contributed by atoms with Crippen LogP contribution in [0.15, 0.2) is 52.2 Å². The molecule has 4 nitrogen and oxygen atoms in total. The van der Waals surface area contributed by atoms with Crippen molar-refractivity contribution in [1.82, 2.24) is 10.2 Å². The van der Waals surface area contributed by atoms with E-state index in [4.69, 9.17) is 0 Å². The fraction of sp³-hybridized carbons (Fsp3) is 0.250. The summed E-state index contributed by atoms with van der Waals surface area (Å²) in [5.41, 5.74) is 2.26. The molecule has 0 saturated carbocycles. The Labute approximate surface area is 131 Å². The number of rotatable bonds is 2. The number of hydrogen-bond donors (Lipinski definition) is 1. The van der Waals surface area contributed by atoms with Crippen molar-refractivity contribution in [2.45, 2.75) is 19.4 Å². The third-order valence-corrected chi connectivity index (χ3v) is 4.22. The molecule has 0 fully saturated rings. The van der Waals surface area contributed by atoms with Gasteiger partial charge in [-0.2, -0.15) is 0 Å². The summed E-state index contributed by atoms with van der Waals surface area (Å²) in [6.07, 6.45) is 4.69. The first kappa shape index (κ1) is 14.1. The number of nitrogens with one attached hydrogen (secondary N) is 1. The number of amides is 2. The molecule has 0 radical (unpaired) electrons. The van der Waals surface area contributed by atoms with Gasteiger partial charge in [-0.1, -0.05) is 34.1 Å². The van der Waals surface area contributed by atoms with Gasteiger partial charge in [-0.25, -0.2) is 4.79 Å². The summed E-state index contributed by atoms with van der Waals surface area (Å²) in [6.45, 7) is 2.16. The number of allylic oxidation sites excluding steroid dienone is 1. The van der Waals surface area contributed by atoms with Gasteiger partial charge in [0.15, 0.2) is 5.78 Å². The van der Waals surface area contributed by atoms with Crippen LogP contribution in [0.25, 0.3) is 0 Å². The predicted molar refractivity (Wildman–Crippen MR) is 83.6 cm³/mol. The number of nitrogens with zero attached hydrogens (tertiary/aromatic N) is 1. The lowest BCUT2D eigenvalue weighted by molar-refractivity contribution is -0.114. The van der Waals surface area contributed by atoms with E-state index in [0.29, 0.717) is 12.1 Å². The highest BCUT2D eigenvalue weighted by molar-refractivity contribution is 9.10. The molecule has 1 unspecified atom stereocenters. The molecule has 2 heterocycles. The van der Waals surface area contributed by atoms with Crippen molar-refractivity contribution in [3.8, 4) is 0 Å². The van der Waals surface area contributed by atoms with Crippen LogP contribution in [0.3, 0.4) is 0 Å². The number of urea groups is 1. The van der Waals surface area contributed by atoms with Crippen LogP contribution in [0.5, 0.6) is 0 Å². The molecule has 1 N–H and O–H groups in total. The minimum absolute atomic E-state index is 0.0217. The smallest absolute Gasteiger partial charge is 0.322 e. The molecule has 21 heavy (non-hydrogen) atoms. The number of fused-ring (bicyclic) bond motifs is 1. The van der Waals surface area contributed by atoms with E-state index in [0.717, 1.165) is 22.2 Å². The Morgan fingerprint density at radius 2 is 2.24 bits per heavy atom. The lowest BCUT2D eigenvalue weighted by Crippen LogP contribution is -2.48. The lowest BCUT2D eigenvalue weighted by atomic mass is 9.91. The molecule has 1 atom stereocenters. The largest absolute Gasteiger partial charge is 0.327 e. The van der Waals surface area contributed by atoms with E-state index in [1.807, 2.05) is 36.4 Å². The molecular weight excluding hydrogens is 332 g/mol. The quantitative estimate of drug-likeness (QED) is 0.892. The summed E-state index contributed by atoms with van der Waals surface area (Å²) >= 11 is 3.43. The third kappa shape index (κ3) is 2.53. The monoisotopic (exact) mass is 346 g/mol. The Balaban J connectivity index is 2.16. The van der Waals surface area contributed by atoms with Gasteiger partial charge in [0, 0.05) is 16.6 Å². The first-order valence-electron chi connectivity index (χ1n) is 6.83. The fourth-order valence-electron chi connectivity index (χ4n) is 2.80. The van der Waals surface area contributed by atoms with Crippen molar-refractivity contribution < 1.29 is 9.59 Å². The molecule has 0 saturated heterocycles. The van der Waals surface area contributed by atoms with Crippen LogP contribution in [0, 0.1) is 0 Å². The zero-order valence-electron chi connectivity index (χ0n) is 11.6. The minimum Gasteiger partial charge on any atom is -0.327 e. The van der Waals surface area contributed by atoms with Crippen molar-refractivity contribution >= 4 is 27.7 Å². The topological polar surface area (TPSA) is 49.4 Å². The number of ketones is 1. The molecule has 3 rings (SSSR count). The van der Waals surface area contributed by atoms with Gasteiger partial charge in [-0.15, -0.1) is 0 Å². The molecule has 5 heteroatoms. The SMILES string of the molecule is CC(=O)C1=C2C=CCCN2C(=O)NC1c1cccc(Br)c1. The van der Waals surface area contributed by atoms with Gasteiger partial charge in [0.2, 0.25) is 0 Å². The molecule has 0 aromatic heterocycles. The number of hydrogen-bond acceptors (Lipinski definition) is 2. The molecule has 108 valence electrons. The highest BCUT2D eigenvalue weighted by Gasteiger charge is 2.35. The van der Waals surface area contributed by atoms with E-state index in [-0.39, 0.29) is 11.8 Å². The molecule has 0 bridgehead atoms. The van der Waals surface area contributed by atoms with Crippen molar-refractivity contribution in [2.24, 2.45) is 0 Å². The van der Waals surface area contributed by atoms with Crippen molar-refractivity contribution in [1.29, 1.82) is 0 Å². The first-order chi connectivity index (χ1) is 10.1. The number of carbonyl (C=O) groups excluding carboxylic acids is 2. The van der Waals surface area contributed by atoms with Crippen LogP contribution >= 0.6 is 15.9 Å². The summed E-state index contributed by atoms with van der Waals surface area (Å²) in [4.78, 5) is 26.1. The number of carbonyl (C=O) groups is 2. The van der Waals surface area contributed by atoms with E-state index >= 15 is 0 Å². The summed E-state index contributed by atoms with van der Waals surface area (Å²) in [5.74, 6) is -0.0217. The summed E-state index contributed by atoms with van der Waals surface area (Å²) in [7, 11) is 0. The Bertz CT molecular complexity index is 679. The van der Waals surface area contributed by atoms with Crippen molar-refractivity contribution in [2.75, 3.05) is 6.54 Å². The maximum atomic E-state index is 12.3. The van der Waals surface area contributed by atoms with Crippen LogP contribution < -0.4 is 5.32 Å². The van der Waals surface area contributed by atoms with Gasteiger partial charge in [0.05, 0.1) is 11.7 Å². The summed E-state index contributed by atoms with van der Waals surface area (Å²) in [5, 5.41) is 2.94. The number of halogens is 1. The van der Waals surface area contributed by atoms with Gasteiger partial charge in [0.1, 0.15) is 0 Å². The molecule has 2 amide bonds. The van der Waals surface area contributed by atoms with Crippen molar-refractivity contribution in [3.05, 3.63) is 57.7 Å². The molecule has 2 aliphatic heterocycles. The molecule has 1 aromatic rings. The predicted octanol–water partition coefficient (Wildman–Crippen LogP) is 3.32. The second-order valence-electron chi connectivity index (χ2n) is 5.14. The van der Waals surface area contributed by atoms with Crippen molar-refractivity contribution in [3.63, 3.8) is 0 Å². The zero-order valence-corrected chi connectivity index (χ0v) is 13.2. The van der Waals surface area contributed by atoms with E-state index in [1.54, 1.807) is 11.8 Å². The highest BCUT2D eigenvalue weighted by Crippen LogP contribution is 2.34. The Morgan fingerprint density at radius 3 is 2.95 bits per heavy atom.